The molecule has 2 bridgehead atoms. The predicted molar refractivity (Wildman–Crippen MR) is 217 cm³/mol. The predicted octanol–water partition coefficient (Wildman–Crippen LogP) is 5.33. The SMILES string of the molecule is CCC[C@H](CN(C)C)NC(=O)c1cc(-c2cccc(CN3O[C@@H](CO)[C@@H]([C@H](C)O)[C@H]3C(=O)N[C@H]3C[C@H]4C[C@@H]([C@@H]3C)C4(C)C)c2OCC2CC2)cc(N(C)C)c1. The van der Waals surface area contributed by atoms with Gasteiger partial charge in [0.1, 0.15) is 17.9 Å². The monoisotopic (exact) mass is 762 g/mol. The minimum atomic E-state index is -0.890. The first-order valence-electron chi connectivity index (χ1n) is 20.7. The Labute approximate surface area is 329 Å². The summed E-state index contributed by atoms with van der Waals surface area (Å²) in [6.07, 6.45) is 4.61. The third-order valence-corrected chi connectivity index (χ3v) is 13.2. The van der Waals surface area contributed by atoms with Crippen LogP contribution in [-0.2, 0) is 16.2 Å². The number of amides is 2. The van der Waals surface area contributed by atoms with Crippen LogP contribution in [0, 0.1) is 35.0 Å². The highest BCUT2D eigenvalue weighted by Crippen LogP contribution is 2.61. The molecule has 11 nitrogen and oxygen atoms in total. The van der Waals surface area contributed by atoms with Crippen LogP contribution in [0.15, 0.2) is 36.4 Å². The molecule has 0 unspecified atom stereocenters. The van der Waals surface area contributed by atoms with Crippen molar-refractivity contribution in [2.45, 2.75) is 110 Å². The van der Waals surface area contributed by atoms with Crippen molar-refractivity contribution in [2.75, 3.05) is 52.8 Å². The van der Waals surface area contributed by atoms with Gasteiger partial charge < -0.3 is 35.4 Å². The third-order valence-electron chi connectivity index (χ3n) is 13.2. The topological polar surface area (TPSA) is 127 Å². The Bertz CT molecular complexity index is 1660. The lowest BCUT2D eigenvalue weighted by Gasteiger charge is -2.62. The van der Waals surface area contributed by atoms with Gasteiger partial charge in [-0.05, 0) is 106 Å². The molecule has 0 radical (unpaired) electrons. The summed E-state index contributed by atoms with van der Waals surface area (Å²) < 4.78 is 6.69. The molecular weight excluding hydrogens is 695 g/mol. The highest BCUT2D eigenvalue weighted by molar-refractivity contribution is 5.97. The maximum Gasteiger partial charge on any atom is 0.251 e. The molecule has 4 aliphatic carbocycles. The minimum absolute atomic E-state index is 0.0254. The fourth-order valence-electron chi connectivity index (χ4n) is 9.67. The molecule has 0 spiro atoms. The van der Waals surface area contributed by atoms with Crippen molar-refractivity contribution in [3.05, 3.63) is 47.5 Å². The van der Waals surface area contributed by atoms with Gasteiger partial charge in [0.2, 0.25) is 5.91 Å². The third kappa shape index (κ3) is 9.01. The smallest absolute Gasteiger partial charge is 0.251 e. The van der Waals surface area contributed by atoms with Gasteiger partial charge in [-0.3, -0.25) is 14.4 Å². The quantitative estimate of drug-likeness (QED) is 0.169. The van der Waals surface area contributed by atoms with Crippen molar-refractivity contribution in [3.63, 3.8) is 0 Å². The average molecular weight is 762 g/mol. The van der Waals surface area contributed by atoms with E-state index in [1.807, 2.05) is 63.4 Å². The van der Waals surface area contributed by atoms with E-state index in [0.29, 0.717) is 41.6 Å². The summed E-state index contributed by atoms with van der Waals surface area (Å²) in [5.41, 5.74) is 4.27. The van der Waals surface area contributed by atoms with E-state index in [0.717, 1.165) is 61.0 Å². The lowest BCUT2D eigenvalue weighted by molar-refractivity contribution is -0.183. The number of ether oxygens (including phenoxy) is 1. The highest BCUT2D eigenvalue weighted by atomic mass is 16.7. The van der Waals surface area contributed by atoms with E-state index in [4.69, 9.17) is 9.57 Å². The Balaban J connectivity index is 1.33. The summed E-state index contributed by atoms with van der Waals surface area (Å²) in [5.74, 6) is 1.72. The number of carbonyl (C=O) groups excluding carboxylic acids is 2. The van der Waals surface area contributed by atoms with Gasteiger partial charge in [-0.25, -0.2) is 0 Å². The number of aliphatic hydroxyl groups excluding tert-OH is 2. The summed E-state index contributed by atoms with van der Waals surface area (Å²) in [5, 5.41) is 29.8. The maximum atomic E-state index is 14.4. The van der Waals surface area contributed by atoms with E-state index >= 15 is 0 Å². The number of anilines is 1. The largest absolute Gasteiger partial charge is 0.492 e. The first kappa shape index (κ1) is 41.4. The van der Waals surface area contributed by atoms with E-state index in [1.54, 1.807) is 12.0 Å². The van der Waals surface area contributed by atoms with Gasteiger partial charge in [0, 0.05) is 61.0 Å². The van der Waals surface area contributed by atoms with E-state index in [-0.39, 0.29) is 42.5 Å². The van der Waals surface area contributed by atoms with E-state index in [2.05, 4.69) is 49.3 Å². The fourth-order valence-corrected chi connectivity index (χ4v) is 9.67. The molecule has 9 atom stereocenters. The number of nitrogens with zero attached hydrogens (tertiary/aromatic N) is 3. The van der Waals surface area contributed by atoms with Gasteiger partial charge in [-0.2, -0.15) is 5.06 Å². The highest BCUT2D eigenvalue weighted by Gasteiger charge is 2.57. The van der Waals surface area contributed by atoms with Crippen molar-refractivity contribution in [2.24, 2.45) is 35.0 Å². The average Bonchev–Trinajstić information content (AvgIpc) is 3.89. The number of hydrogen-bond donors (Lipinski definition) is 4. The van der Waals surface area contributed by atoms with Gasteiger partial charge in [-0.15, -0.1) is 0 Å². The molecule has 5 fully saturated rings. The van der Waals surface area contributed by atoms with Crippen LogP contribution < -0.4 is 20.3 Å². The van der Waals surface area contributed by atoms with Crippen molar-refractivity contribution in [1.29, 1.82) is 0 Å². The second-order valence-corrected chi connectivity index (χ2v) is 18.2. The van der Waals surface area contributed by atoms with Crippen molar-refractivity contribution < 1.29 is 29.4 Å². The second-order valence-electron chi connectivity index (χ2n) is 18.2. The zero-order chi connectivity index (χ0) is 39.8. The standard InChI is InChI=1S/C44H67N5O6/c1-10-12-33(23-47(6)7)45-42(52)31-17-30(18-34(19-31)48(8)9)35-14-11-13-29(41(35)54-25-28-15-16-28)22-49-40(39(27(3)51)38(24-50)55-49)43(53)46-37-21-32-20-36(26(37)2)44(32,4)5/h11,13-14,17-19,26-28,32-33,36-40,50-51H,10,12,15-16,20-25H2,1-9H3,(H,45,52)(H,46,53)/t26-,27-,32+,33+,36-,37-,38-,39+,40-/m0/s1. The molecule has 55 heavy (non-hydrogen) atoms. The van der Waals surface area contributed by atoms with Crippen LogP contribution in [0.3, 0.4) is 0 Å². The molecule has 2 amide bonds. The number of fused-ring (bicyclic) bond motifs is 2. The molecule has 4 saturated carbocycles. The number of hydroxylamine groups is 2. The number of rotatable bonds is 17. The number of likely N-dealkylation sites (N-methyl/N-ethyl adjacent to an activating group) is 1. The summed E-state index contributed by atoms with van der Waals surface area (Å²) in [4.78, 5) is 38.7. The summed E-state index contributed by atoms with van der Waals surface area (Å²) >= 11 is 0. The van der Waals surface area contributed by atoms with Crippen molar-refractivity contribution >= 4 is 17.5 Å². The first-order chi connectivity index (χ1) is 26.1. The summed E-state index contributed by atoms with van der Waals surface area (Å²) in [6, 6.07) is 11.2. The van der Waals surface area contributed by atoms with Crippen molar-refractivity contribution in [1.82, 2.24) is 20.6 Å². The number of benzene rings is 2. The molecule has 11 heteroatoms. The minimum Gasteiger partial charge on any atom is -0.492 e. The summed E-state index contributed by atoms with van der Waals surface area (Å²) in [6.45, 7) is 11.9. The molecule has 4 N–H and O–H groups in total. The maximum absolute atomic E-state index is 14.4. The van der Waals surface area contributed by atoms with Crippen molar-refractivity contribution in [3.8, 4) is 16.9 Å². The number of nitrogens with one attached hydrogen (secondary N) is 2. The number of aliphatic hydroxyl groups is 2. The molecule has 2 aromatic rings. The van der Waals surface area contributed by atoms with E-state index < -0.39 is 24.2 Å². The molecule has 2 aromatic carbocycles. The lowest BCUT2D eigenvalue weighted by Crippen LogP contribution is -2.62. The number of hydrogen-bond acceptors (Lipinski definition) is 9. The van der Waals surface area contributed by atoms with Gasteiger partial charge in [0.05, 0.1) is 25.9 Å². The lowest BCUT2D eigenvalue weighted by atomic mass is 9.45. The zero-order valence-electron chi connectivity index (χ0n) is 34.7. The molecular formula is C44H67N5O6. The van der Waals surface area contributed by atoms with Crippen LogP contribution >= 0.6 is 0 Å². The molecule has 304 valence electrons. The number of carbonyl (C=O) groups is 2. The van der Waals surface area contributed by atoms with Crippen LogP contribution in [0.4, 0.5) is 5.69 Å². The Morgan fingerprint density at radius 2 is 1.85 bits per heavy atom. The Morgan fingerprint density at radius 3 is 2.45 bits per heavy atom. The van der Waals surface area contributed by atoms with Gasteiger partial charge in [0.15, 0.2) is 0 Å². The molecule has 0 aromatic heterocycles. The Morgan fingerprint density at radius 1 is 1.11 bits per heavy atom. The zero-order valence-corrected chi connectivity index (χ0v) is 34.7. The molecule has 1 saturated heterocycles. The molecule has 5 aliphatic rings. The van der Waals surface area contributed by atoms with Crippen LogP contribution in [-0.4, -0.2) is 110 Å². The van der Waals surface area contributed by atoms with Crippen LogP contribution in [0.1, 0.15) is 89.1 Å². The first-order valence-corrected chi connectivity index (χ1v) is 20.7. The Hall–Kier alpha value is -3.22. The van der Waals surface area contributed by atoms with Crippen LogP contribution in [0.5, 0.6) is 5.75 Å². The van der Waals surface area contributed by atoms with E-state index in [9.17, 15) is 19.8 Å². The normalized spacial score (nSPS) is 28.3. The number of para-hydroxylation sites is 1. The molecule has 7 rings (SSSR count). The Kier molecular flexibility index (Phi) is 12.9. The van der Waals surface area contributed by atoms with Gasteiger partial charge in [0.25, 0.3) is 5.91 Å². The fraction of sp³-hybridized carbons (Fsp3) is 0.682. The second kappa shape index (κ2) is 17.1. The van der Waals surface area contributed by atoms with Gasteiger partial charge in [-0.1, -0.05) is 52.3 Å². The van der Waals surface area contributed by atoms with Gasteiger partial charge >= 0.3 is 0 Å². The molecule has 1 heterocycles. The van der Waals surface area contributed by atoms with Crippen LogP contribution in [0.2, 0.25) is 0 Å². The summed E-state index contributed by atoms with van der Waals surface area (Å²) in [7, 11) is 7.98. The van der Waals surface area contributed by atoms with E-state index in [1.165, 1.54) is 6.42 Å². The molecule has 1 aliphatic heterocycles. The van der Waals surface area contributed by atoms with Crippen LogP contribution in [0.25, 0.3) is 11.1 Å².